The van der Waals surface area contributed by atoms with Crippen molar-refractivity contribution in [2.75, 3.05) is 20.8 Å². The number of methoxy groups -OCH3 is 2. The minimum Gasteiger partial charge on any atom is -0.497 e. The highest BCUT2D eigenvalue weighted by molar-refractivity contribution is 5.79. The highest BCUT2D eigenvalue weighted by Crippen LogP contribution is 2.32. The number of esters is 1. The van der Waals surface area contributed by atoms with E-state index in [1.165, 1.54) is 6.92 Å². The lowest BCUT2D eigenvalue weighted by Gasteiger charge is -2.06. The third-order valence-electron chi connectivity index (χ3n) is 4.14. The number of aromatic nitrogens is 2. The number of ether oxygens (including phenoxy) is 3. The van der Waals surface area contributed by atoms with E-state index in [0.29, 0.717) is 6.42 Å². The average molecular weight is 366 g/mol. The van der Waals surface area contributed by atoms with E-state index >= 15 is 0 Å². The van der Waals surface area contributed by atoms with Crippen molar-refractivity contribution in [2.45, 2.75) is 13.3 Å². The standard InChI is InChI=1S/C21H22N2O4/c1-14(24)27-13-12-19-22-20(15-4-8-17(25-2)9-5-15)21(23-19)16-6-10-18(26-3)11-7-16/h4-11H,12-13H2,1-3H3,(H,22,23). The zero-order chi connectivity index (χ0) is 19.2. The molecule has 0 aliphatic carbocycles. The van der Waals surface area contributed by atoms with Crippen LogP contribution in [0, 0.1) is 0 Å². The van der Waals surface area contributed by atoms with E-state index in [1.807, 2.05) is 48.5 Å². The molecule has 0 fully saturated rings. The topological polar surface area (TPSA) is 73.4 Å². The predicted molar refractivity (Wildman–Crippen MR) is 103 cm³/mol. The molecule has 140 valence electrons. The number of nitrogens with one attached hydrogen (secondary N) is 1. The molecule has 0 bridgehead atoms. The Bertz CT molecular complexity index is 834. The first-order valence-corrected chi connectivity index (χ1v) is 8.62. The van der Waals surface area contributed by atoms with Crippen LogP contribution in [-0.4, -0.2) is 36.8 Å². The number of hydrogen-bond donors (Lipinski definition) is 1. The van der Waals surface area contributed by atoms with E-state index in [9.17, 15) is 4.79 Å². The first-order valence-electron chi connectivity index (χ1n) is 8.62. The van der Waals surface area contributed by atoms with Crippen molar-refractivity contribution in [3.63, 3.8) is 0 Å². The second-order valence-electron chi connectivity index (χ2n) is 5.95. The molecular formula is C21H22N2O4. The molecule has 0 saturated heterocycles. The molecule has 3 rings (SSSR count). The van der Waals surface area contributed by atoms with Crippen LogP contribution in [0.3, 0.4) is 0 Å². The van der Waals surface area contributed by atoms with E-state index in [4.69, 9.17) is 19.2 Å². The maximum Gasteiger partial charge on any atom is 0.302 e. The molecule has 0 unspecified atom stereocenters. The molecule has 0 spiro atoms. The van der Waals surface area contributed by atoms with Gasteiger partial charge in [-0.3, -0.25) is 4.79 Å². The Morgan fingerprint density at radius 1 is 0.926 bits per heavy atom. The van der Waals surface area contributed by atoms with Crippen LogP contribution in [0.1, 0.15) is 12.7 Å². The Balaban J connectivity index is 1.96. The first-order chi connectivity index (χ1) is 13.1. The largest absolute Gasteiger partial charge is 0.497 e. The summed E-state index contributed by atoms with van der Waals surface area (Å²) >= 11 is 0. The fourth-order valence-corrected chi connectivity index (χ4v) is 2.76. The average Bonchev–Trinajstić information content (AvgIpc) is 3.12. The van der Waals surface area contributed by atoms with Gasteiger partial charge in [-0.25, -0.2) is 4.98 Å². The summed E-state index contributed by atoms with van der Waals surface area (Å²) in [6.07, 6.45) is 0.513. The minimum absolute atomic E-state index is 0.285. The smallest absolute Gasteiger partial charge is 0.302 e. The molecule has 0 aliphatic rings. The Hall–Kier alpha value is -3.28. The third-order valence-corrected chi connectivity index (χ3v) is 4.14. The number of aromatic amines is 1. The fraction of sp³-hybridized carbons (Fsp3) is 0.238. The van der Waals surface area contributed by atoms with Crippen LogP contribution in [0.25, 0.3) is 22.5 Å². The number of benzene rings is 2. The lowest BCUT2D eigenvalue weighted by molar-refractivity contribution is -0.140. The lowest BCUT2D eigenvalue weighted by atomic mass is 10.0. The van der Waals surface area contributed by atoms with Gasteiger partial charge >= 0.3 is 5.97 Å². The molecule has 1 N–H and O–H groups in total. The molecule has 0 radical (unpaired) electrons. The second-order valence-corrected chi connectivity index (χ2v) is 5.95. The number of nitrogens with zero attached hydrogens (tertiary/aromatic N) is 1. The van der Waals surface area contributed by atoms with E-state index in [0.717, 1.165) is 39.8 Å². The van der Waals surface area contributed by atoms with Crippen LogP contribution in [0.4, 0.5) is 0 Å². The normalized spacial score (nSPS) is 10.5. The number of hydrogen-bond acceptors (Lipinski definition) is 5. The predicted octanol–water partition coefficient (Wildman–Crippen LogP) is 3.87. The number of H-pyrrole nitrogens is 1. The molecular weight excluding hydrogens is 344 g/mol. The van der Waals surface area contributed by atoms with E-state index in [-0.39, 0.29) is 12.6 Å². The Labute approximate surface area is 158 Å². The van der Waals surface area contributed by atoms with Crippen LogP contribution >= 0.6 is 0 Å². The van der Waals surface area contributed by atoms with Gasteiger partial charge in [0.2, 0.25) is 0 Å². The highest BCUT2D eigenvalue weighted by Gasteiger charge is 2.15. The van der Waals surface area contributed by atoms with Crippen LogP contribution < -0.4 is 9.47 Å². The van der Waals surface area contributed by atoms with Crippen molar-refractivity contribution in [2.24, 2.45) is 0 Å². The summed E-state index contributed by atoms with van der Waals surface area (Å²) in [4.78, 5) is 19.1. The van der Waals surface area contributed by atoms with Gasteiger partial charge in [0, 0.05) is 24.5 Å². The molecule has 0 amide bonds. The molecule has 3 aromatic rings. The van der Waals surface area contributed by atoms with Gasteiger partial charge in [-0.15, -0.1) is 0 Å². The zero-order valence-corrected chi connectivity index (χ0v) is 15.6. The van der Waals surface area contributed by atoms with Crippen LogP contribution in [0.5, 0.6) is 11.5 Å². The van der Waals surface area contributed by atoms with Crippen molar-refractivity contribution >= 4 is 5.97 Å². The van der Waals surface area contributed by atoms with Crippen molar-refractivity contribution in [3.05, 3.63) is 54.4 Å². The van der Waals surface area contributed by atoms with Crippen LogP contribution in [-0.2, 0) is 16.0 Å². The van der Waals surface area contributed by atoms with Gasteiger partial charge in [-0.05, 0) is 48.5 Å². The third kappa shape index (κ3) is 4.47. The van der Waals surface area contributed by atoms with Gasteiger partial charge < -0.3 is 19.2 Å². The number of rotatable bonds is 7. The first kappa shape index (κ1) is 18.5. The minimum atomic E-state index is -0.299. The van der Waals surface area contributed by atoms with E-state index < -0.39 is 0 Å². The molecule has 1 aromatic heterocycles. The van der Waals surface area contributed by atoms with Crippen molar-refractivity contribution in [3.8, 4) is 34.0 Å². The second kappa shape index (κ2) is 8.40. The molecule has 27 heavy (non-hydrogen) atoms. The summed E-state index contributed by atoms with van der Waals surface area (Å²) in [5.74, 6) is 2.04. The monoisotopic (exact) mass is 366 g/mol. The Morgan fingerprint density at radius 2 is 1.48 bits per heavy atom. The Kier molecular flexibility index (Phi) is 5.76. The summed E-state index contributed by atoms with van der Waals surface area (Å²) in [5.41, 5.74) is 3.70. The van der Waals surface area contributed by atoms with E-state index in [1.54, 1.807) is 14.2 Å². The van der Waals surface area contributed by atoms with Gasteiger partial charge in [0.25, 0.3) is 0 Å². The van der Waals surface area contributed by atoms with Gasteiger partial charge in [-0.1, -0.05) is 0 Å². The zero-order valence-electron chi connectivity index (χ0n) is 15.6. The summed E-state index contributed by atoms with van der Waals surface area (Å²) in [5, 5.41) is 0. The summed E-state index contributed by atoms with van der Waals surface area (Å²) in [7, 11) is 3.28. The van der Waals surface area contributed by atoms with Gasteiger partial charge in [0.05, 0.1) is 32.2 Å². The molecule has 2 aromatic carbocycles. The van der Waals surface area contributed by atoms with Gasteiger partial charge in [-0.2, -0.15) is 0 Å². The summed E-state index contributed by atoms with van der Waals surface area (Å²) in [6.45, 7) is 1.68. The number of carbonyl (C=O) groups is 1. The molecule has 0 aliphatic heterocycles. The number of carbonyl (C=O) groups excluding carboxylic acids is 1. The maximum atomic E-state index is 11.0. The van der Waals surface area contributed by atoms with Crippen molar-refractivity contribution in [1.29, 1.82) is 0 Å². The number of imidazole rings is 1. The lowest BCUT2D eigenvalue weighted by Crippen LogP contribution is -2.04. The van der Waals surface area contributed by atoms with Crippen molar-refractivity contribution < 1.29 is 19.0 Å². The molecule has 1 heterocycles. The van der Waals surface area contributed by atoms with Crippen molar-refractivity contribution in [1.82, 2.24) is 9.97 Å². The van der Waals surface area contributed by atoms with Crippen LogP contribution in [0.15, 0.2) is 48.5 Å². The molecule has 0 atom stereocenters. The van der Waals surface area contributed by atoms with Gasteiger partial charge in [0.1, 0.15) is 17.3 Å². The summed E-state index contributed by atoms with van der Waals surface area (Å²) in [6, 6.07) is 15.5. The molecule has 6 nitrogen and oxygen atoms in total. The Morgan fingerprint density at radius 3 is 2.00 bits per heavy atom. The quantitative estimate of drug-likeness (QED) is 0.643. The fourth-order valence-electron chi connectivity index (χ4n) is 2.76. The van der Waals surface area contributed by atoms with E-state index in [2.05, 4.69) is 4.98 Å². The molecule has 0 saturated carbocycles. The highest BCUT2D eigenvalue weighted by atomic mass is 16.5. The van der Waals surface area contributed by atoms with Crippen LogP contribution in [0.2, 0.25) is 0 Å². The summed E-state index contributed by atoms with van der Waals surface area (Å²) < 4.78 is 15.5. The SMILES string of the molecule is COc1ccc(-c2nc(CCOC(C)=O)[nH]c2-c2ccc(OC)cc2)cc1. The maximum absolute atomic E-state index is 11.0. The molecule has 6 heteroatoms. The van der Waals surface area contributed by atoms with Gasteiger partial charge in [0.15, 0.2) is 0 Å².